The molecule has 1 aromatic heterocycles. The second-order valence-corrected chi connectivity index (χ2v) is 5.88. The van der Waals surface area contributed by atoms with Crippen LogP contribution in [0.3, 0.4) is 0 Å². The lowest BCUT2D eigenvalue weighted by Crippen LogP contribution is -2.19. The van der Waals surface area contributed by atoms with Gasteiger partial charge in [0.05, 0.1) is 22.2 Å². The SMILES string of the molecule is O=C(CSCC(=O)Nc1ccc(Cl)cc1Cl)Nc1ncn[nH]1. The molecule has 2 rings (SSSR count). The highest BCUT2D eigenvalue weighted by Crippen LogP contribution is 2.25. The van der Waals surface area contributed by atoms with Gasteiger partial charge in [-0.3, -0.25) is 14.9 Å². The highest BCUT2D eigenvalue weighted by Gasteiger charge is 2.09. The van der Waals surface area contributed by atoms with Crippen LogP contribution in [-0.4, -0.2) is 38.5 Å². The molecule has 0 unspecified atom stereocenters. The molecular formula is C12H11Cl2N5O2S. The van der Waals surface area contributed by atoms with E-state index in [4.69, 9.17) is 23.2 Å². The second-order valence-electron chi connectivity index (χ2n) is 4.05. The lowest BCUT2D eigenvalue weighted by Gasteiger charge is -2.07. The minimum absolute atomic E-state index is 0.114. The van der Waals surface area contributed by atoms with Crippen molar-refractivity contribution in [1.82, 2.24) is 15.2 Å². The number of halogens is 2. The van der Waals surface area contributed by atoms with Crippen LogP contribution in [0.2, 0.25) is 10.0 Å². The minimum Gasteiger partial charge on any atom is -0.324 e. The molecule has 22 heavy (non-hydrogen) atoms. The number of amides is 2. The fourth-order valence-electron chi connectivity index (χ4n) is 1.45. The van der Waals surface area contributed by atoms with Gasteiger partial charge in [0.1, 0.15) is 6.33 Å². The molecule has 1 aromatic carbocycles. The fraction of sp³-hybridized carbons (Fsp3) is 0.167. The number of rotatable bonds is 6. The van der Waals surface area contributed by atoms with E-state index in [1.807, 2.05) is 0 Å². The lowest BCUT2D eigenvalue weighted by atomic mass is 10.3. The molecule has 0 aliphatic rings. The number of hydrogen-bond acceptors (Lipinski definition) is 5. The van der Waals surface area contributed by atoms with Crippen LogP contribution in [0.5, 0.6) is 0 Å². The average molecular weight is 360 g/mol. The van der Waals surface area contributed by atoms with Gasteiger partial charge < -0.3 is 5.32 Å². The maximum atomic E-state index is 11.8. The Kier molecular flexibility index (Phi) is 6.05. The molecule has 0 atom stereocenters. The van der Waals surface area contributed by atoms with Crippen molar-refractivity contribution < 1.29 is 9.59 Å². The quantitative estimate of drug-likeness (QED) is 0.735. The van der Waals surface area contributed by atoms with E-state index in [-0.39, 0.29) is 29.3 Å². The molecule has 2 amide bonds. The second kappa shape index (κ2) is 8.02. The molecule has 3 N–H and O–H groups in total. The third kappa shape index (κ3) is 5.21. The summed E-state index contributed by atoms with van der Waals surface area (Å²) in [6.45, 7) is 0. The zero-order valence-electron chi connectivity index (χ0n) is 11.1. The smallest absolute Gasteiger partial charge is 0.236 e. The van der Waals surface area contributed by atoms with Gasteiger partial charge in [-0.25, -0.2) is 5.10 Å². The summed E-state index contributed by atoms with van der Waals surface area (Å²) in [5.41, 5.74) is 0.475. The standard InChI is InChI=1S/C12H11Cl2N5O2S/c13-7-1-2-9(8(14)3-7)17-10(20)4-22-5-11(21)18-12-15-6-16-19-12/h1-3,6H,4-5H2,(H,17,20)(H2,15,16,18,19,21). The van der Waals surface area contributed by atoms with Crippen LogP contribution in [0.4, 0.5) is 11.6 Å². The van der Waals surface area contributed by atoms with Crippen LogP contribution < -0.4 is 10.6 Å². The average Bonchev–Trinajstić information content (AvgIpc) is 2.95. The van der Waals surface area contributed by atoms with Crippen molar-refractivity contribution in [3.63, 3.8) is 0 Å². The maximum Gasteiger partial charge on any atom is 0.236 e. The summed E-state index contributed by atoms with van der Waals surface area (Å²) in [5.74, 6) is -0.0469. The molecule has 0 aliphatic heterocycles. The van der Waals surface area contributed by atoms with Gasteiger partial charge in [0, 0.05) is 5.02 Å². The molecule has 0 radical (unpaired) electrons. The van der Waals surface area contributed by atoms with E-state index in [1.54, 1.807) is 12.1 Å². The summed E-state index contributed by atoms with van der Waals surface area (Å²) < 4.78 is 0. The van der Waals surface area contributed by atoms with Crippen LogP contribution in [0, 0.1) is 0 Å². The highest BCUT2D eigenvalue weighted by atomic mass is 35.5. The third-order valence-corrected chi connectivity index (χ3v) is 3.82. The molecule has 0 saturated carbocycles. The van der Waals surface area contributed by atoms with Crippen LogP contribution >= 0.6 is 35.0 Å². The fourth-order valence-corrected chi connectivity index (χ4v) is 2.52. The highest BCUT2D eigenvalue weighted by molar-refractivity contribution is 8.00. The predicted molar refractivity (Wildman–Crippen MR) is 87.4 cm³/mol. The molecule has 0 fully saturated rings. The molecular weight excluding hydrogens is 349 g/mol. The number of anilines is 2. The van der Waals surface area contributed by atoms with Gasteiger partial charge in [-0.1, -0.05) is 23.2 Å². The van der Waals surface area contributed by atoms with Crippen molar-refractivity contribution in [2.45, 2.75) is 0 Å². The first-order chi connectivity index (χ1) is 10.5. The molecule has 0 saturated heterocycles. The molecule has 116 valence electrons. The summed E-state index contributed by atoms with van der Waals surface area (Å²) in [4.78, 5) is 27.1. The van der Waals surface area contributed by atoms with Crippen molar-refractivity contribution in [3.8, 4) is 0 Å². The number of aromatic amines is 1. The predicted octanol–water partition coefficient (Wildman–Crippen LogP) is 2.42. The van der Waals surface area contributed by atoms with Crippen molar-refractivity contribution in [2.24, 2.45) is 0 Å². The van der Waals surface area contributed by atoms with Gasteiger partial charge in [-0.15, -0.1) is 11.8 Å². The number of carbonyl (C=O) groups excluding carboxylic acids is 2. The Morgan fingerprint density at radius 2 is 1.91 bits per heavy atom. The number of nitrogens with one attached hydrogen (secondary N) is 3. The van der Waals surface area contributed by atoms with E-state index in [0.717, 1.165) is 11.8 Å². The number of hydrogen-bond donors (Lipinski definition) is 3. The monoisotopic (exact) mass is 359 g/mol. The first kappa shape index (κ1) is 16.6. The zero-order chi connectivity index (χ0) is 15.9. The summed E-state index contributed by atoms with van der Waals surface area (Å²) in [6.07, 6.45) is 1.28. The Morgan fingerprint density at radius 1 is 1.18 bits per heavy atom. The van der Waals surface area contributed by atoms with Gasteiger partial charge in [-0.2, -0.15) is 10.1 Å². The Morgan fingerprint density at radius 3 is 2.55 bits per heavy atom. The van der Waals surface area contributed by atoms with E-state index in [9.17, 15) is 9.59 Å². The van der Waals surface area contributed by atoms with Crippen LogP contribution in [-0.2, 0) is 9.59 Å². The number of nitrogens with zero attached hydrogens (tertiary/aromatic N) is 2. The van der Waals surface area contributed by atoms with Crippen molar-refractivity contribution in [2.75, 3.05) is 22.1 Å². The number of thioether (sulfide) groups is 1. The largest absolute Gasteiger partial charge is 0.324 e. The summed E-state index contributed by atoms with van der Waals surface area (Å²) in [6, 6.07) is 4.78. The van der Waals surface area contributed by atoms with Crippen LogP contribution in [0.25, 0.3) is 0 Å². The van der Waals surface area contributed by atoms with Gasteiger partial charge in [0.15, 0.2) is 0 Å². The number of aromatic nitrogens is 3. The van der Waals surface area contributed by atoms with Gasteiger partial charge >= 0.3 is 0 Å². The molecule has 0 bridgehead atoms. The molecule has 7 nitrogen and oxygen atoms in total. The zero-order valence-corrected chi connectivity index (χ0v) is 13.4. The Hall–Kier alpha value is -1.77. The summed E-state index contributed by atoms with van der Waals surface area (Å²) >= 11 is 12.9. The van der Waals surface area contributed by atoms with E-state index in [1.165, 1.54) is 12.4 Å². The first-order valence-corrected chi connectivity index (χ1v) is 7.93. The van der Waals surface area contributed by atoms with Crippen molar-refractivity contribution in [1.29, 1.82) is 0 Å². The first-order valence-electron chi connectivity index (χ1n) is 6.02. The van der Waals surface area contributed by atoms with E-state index in [2.05, 4.69) is 25.8 Å². The normalized spacial score (nSPS) is 10.3. The Labute approximate surface area is 140 Å². The van der Waals surface area contributed by atoms with E-state index >= 15 is 0 Å². The topological polar surface area (TPSA) is 99.8 Å². The Bertz CT molecular complexity index is 666. The minimum atomic E-state index is -0.279. The van der Waals surface area contributed by atoms with Gasteiger partial charge in [0.25, 0.3) is 0 Å². The number of benzene rings is 1. The van der Waals surface area contributed by atoms with E-state index in [0.29, 0.717) is 15.7 Å². The molecule has 10 heteroatoms. The molecule has 1 heterocycles. The maximum absolute atomic E-state index is 11.8. The van der Waals surface area contributed by atoms with Crippen molar-refractivity contribution >= 4 is 58.4 Å². The van der Waals surface area contributed by atoms with E-state index < -0.39 is 0 Å². The third-order valence-electron chi connectivity index (χ3n) is 2.34. The lowest BCUT2D eigenvalue weighted by molar-refractivity contribution is -0.114. The molecule has 0 aliphatic carbocycles. The van der Waals surface area contributed by atoms with Crippen LogP contribution in [0.15, 0.2) is 24.5 Å². The van der Waals surface area contributed by atoms with Gasteiger partial charge in [-0.05, 0) is 18.2 Å². The number of H-pyrrole nitrogens is 1. The van der Waals surface area contributed by atoms with Gasteiger partial charge in [0.2, 0.25) is 17.8 Å². The van der Waals surface area contributed by atoms with Crippen LogP contribution in [0.1, 0.15) is 0 Å². The summed E-state index contributed by atoms with van der Waals surface area (Å²) in [7, 11) is 0. The molecule has 2 aromatic rings. The van der Waals surface area contributed by atoms with Crippen molar-refractivity contribution in [3.05, 3.63) is 34.6 Å². The summed E-state index contributed by atoms with van der Waals surface area (Å²) in [5, 5.41) is 12.1. The number of carbonyl (C=O) groups is 2. The Balaban J connectivity index is 1.72. The molecule has 0 spiro atoms.